The van der Waals surface area contributed by atoms with E-state index in [-0.39, 0.29) is 0 Å². The summed E-state index contributed by atoms with van der Waals surface area (Å²) in [5.41, 5.74) is 0. The lowest BCUT2D eigenvalue weighted by molar-refractivity contribution is 0.203. The summed E-state index contributed by atoms with van der Waals surface area (Å²) in [6.45, 7) is 6.09. The van der Waals surface area contributed by atoms with E-state index in [0.29, 0.717) is 19.2 Å². The first-order chi connectivity index (χ1) is 12.1. The van der Waals surface area contributed by atoms with E-state index in [1.54, 1.807) is 7.11 Å². The number of hydrogen-bond acceptors (Lipinski definition) is 5. The van der Waals surface area contributed by atoms with Crippen molar-refractivity contribution in [3.63, 3.8) is 0 Å². The Hall–Kier alpha value is -1.28. The van der Waals surface area contributed by atoms with Gasteiger partial charge in [-0.05, 0) is 31.9 Å². The summed E-state index contributed by atoms with van der Waals surface area (Å²) in [7, 11) is 3.68. The van der Waals surface area contributed by atoms with E-state index in [1.165, 1.54) is 31.4 Å². The molecule has 1 aromatic rings. The molecule has 0 aromatic carbocycles. The van der Waals surface area contributed by atoms with Crippen LogP contribution in [0.5, 0.6) is 0 Å². The molecule has 0 amide bonds. The Labute approximate surface area is 155 Å². The third-order valence-electron chi connectivity index (χ3n) is 4.53. The molecule has 1 aromatic heterocycles. The Morgan fingerprint density at radius 2 is 2.24 bits per heavy atom. The van der Waals surface area contributed by atoms with Gasteiger partial charge >= 0.3 is 0 Å². The van der Waals surface area contributed by atoms with Crippen molar-refractivity contribution in [2.24, 2.45) is 12.0 Å². The smallest absolute Gasteiger partial charge is 0.192 e. The SMILES string of the molecule is CCSC1CCCC(NC(=NCc2nnc(C)n2C)NCCOC)C1. The predicted octanol–water partition coefficient (Wildman–Crippen LogP) is 1.87. The first-order valence-electron chi connectivity index (χ1n) is 9.14. The van der Waals surface area contributed by atoms with Crippen LogP contribution >= 0.6 is 11.8 Å². The zero-order chi connectivity index (χ0) is 18.1. The Bertz CT molecular complexity index is 545. The van der Waals surface area contributed by atoms with Gasteiger partial charge in [0.05, 0.1) is 6.61 Å². The molecule has 2 atom stereocenters. The summed E-state index contributed by atoms with van der Waals surface area (Å²) >= 11 is 2.08. The molecule has 1 saturated carbocycles. The van der Waals surface area contributed by atoms with Gasteiger partial charge < -0.3 is 19.9 Å². The van der Waals surface area contributed by atoms with E-state index in [2.05, 4.69) is 39.5 Å². The summed E-state index contributed by atoms with van der Waals surface area (Å²) < 4.78 is 7.12. The third kappa shape index (κ3) is 6.51. The average molecular weight is 369 g/mol. The predicted molar refractivity (Wildman–Crippen MR) is 104 cm³/mol. The van der Waals surface area contributed by atoms with Crippen LogP contribution < -0.4 is 10.6 Å². The van der Waals surface area contributed by atoms with Crippen LogP contribution in [0.1, 0.15) is 44.3 Å². The number of aryl methyl sites for hydroxylation is 1. The second-order valence-electron chi connectivity index (χ2n) is 6.39. The van der Waals surface area contributed by atoms with Gasteiger partial charge in [-0.1, -0.05) is 13.3 Å². The molecule has 1 aliphatic rings. The number of thioether (sulfide) groups is 1. The Morgan fingerprint density at radius 1 is 1.40 bits per heavy atom. The molecule has 2 unspecified atom stereocenters. The molecule has 2 rings (SSSR count). The summed E-state index contributed by atoms with van der Waals surface area (Å²) in [4.78, 5) is 4.71. The minimum absolute atomic E-state index is 0.479. The van der Waals surface area contributed by atoms with Gasteiger partial charge in [0, 0.05) is 32.0 Å². The molecule has 0 saturated heterocycles. The van der Waals surface area contributed by atoms with E-state index < -0.39 is 0 Å². The van der Waals surface area contributed by atoms with Crippen LogP contribution in [0.2, 0.25) is 0 Å². The first-order valence-corrected chi connectivity index (χ1v) is 10.2. The van der Waals surface area contributed by atoms with Gasteiger partial charge in [-0.25, -0.2) is 4.99 Å². The molecule has 1 aliphatic carbocycles. The summed E-state index contributed by atoms with van der Waals surface area (Å²) in [6, 6.07) is 0.479. The lowest BCUT2D eigenvalue weighted by atomic mass is 9.95. The highest BCUT2D eigenvalue weighted by Gasteiger charge is 2.22. The van der Waals surface area contributed by atoms with Crippen molar-refractivity contribution in [2.75, 3.05) is 26.0 Å². The van der Waals surface area contributed by atoms with Gasteiger partial charge in [-0.15, -0.1) is 10.2 Å². The van der Waals surface area contributed by atoms with Crippen molar-refractivity contribution < 1.29 is 4.74 Å². The molecular formula is C17H32N6OS. The fourth-order valence-electron chi connectivity index (χ4n) is 3.02. The minimum Gasteiger partial charge on any atom is -0.383 e. The van der Waals surface area contributed by atoms with Crippen LogP contribution in [0, 0.1) is 6.92 Å². The number of guanidine groups is 1. The Morgan fingerprint density at radius 3 is 2.92 bits per heavy atom. The highest BCUT2D eigenvalue weighted by molar-refractivity contribution is 7.99. The highest BCUT2D eigenvalue weighted by Crippen LogP contribution is 2.28. The van der Waals surface area contributed by atoms with E-state index in [0.717, 1.165) is 29.4 Å². The van der Waals surface area contributed by atoms with E-state index in [4.69, 9.17) is 9.73 Å². The monoisotopic (exact) mass is 368 g/mol. The molecule has 8 heteroatoms. The zero-order valence-corrected chi connectivity index (χ0v) is 16.7. The second-order valence-corrected chi connectivity index (χ2v) is 7.97. The lowest BCUT2D eigenvalue weighted by Crippen LogP contribution is -2.46. The Balaban J connectivity index is 1.96. The molecule has 1 heterocycles. The summed E-state index contributed by atoms with van der Waals surface area (Å²) in [5.74, 6) is 3.80. The number of nitrogens with zero attached hydrogens (tertiary/aromatic N) is 4. The van der Waals surface area contributed by atoms with Gasteiger partial charge in [0.1, 0.15) is 12.4 Å². The lowest BCUT2D eigenvalue weighted by Gasteiger charge is -2.30. The fraction of sp³-hybridized carbons (Fsp3) is 0.824. The fourth-order valence-corrected chi connectivity index (χ4v) is 4.19. The second kappa shape index (κ2) is 10.7. The summed E-state index contributed by atoms with van der Waals surface area (Å²) in [5, 5.41) is 16.0. The van der Waals surface area contributed by atoms with Crippen LogP contribution in [0.15, 0.2) is 4.99 Å². The van der Waals surface area contributed by atoms with Crippen LogP contribution in [0.25, 0.3) is 0 Å². The van der Waals surface area contributed by atoms with Crippen LogP contribution in [-0.4, -0.2) is 58.0 Å². The number of nitrogens with one attached hydrogen (secondary N) is 2. The maximum absolute atomic E-state index is 5.14. The van der Waals surface area contributed by atoms with Gasteiger partial charge in [0.15, 0.2) is 11.8 Å². The van der Waals surface area contributed by atoms with Crippen molar-refractivity contribution in [3.8, 4) is 0 Å². The molecule has 0 radical (unpaired) electrons. The largest absolute Gasteiger partial charge is 0.383 e. The normalized spacial score (nSPS) is 21.4. The summed E-state index contributed by atoms with van der Waals surface area (Å²) in [6.07, 6.45) is 5.02. The quantitative estimate of drug-likeness (QED) is 0.414. The van der Waals surface area contributed by atoms with Gasteiger partial charge in [0.2, 0.25) is 0 Å². The highest BCUT2D eigenvalue weighted by atomic mass is 32.2. The van der Waals surface area contributed by atoms with Crippen molar-refractivity contribution in [1.29, 1.82) is 0 Å². The van der Waals surface area contributed by atoms with Gasteiger partial charge in [0.25, 0.3) is 0 Å². The van der Waals surface area contributed by atoms with Crippen molar-refractivity contribution in [2.45, 2.75) is 57.4 Å². The van der Waals surface area contributed by atoms with Crippen molar-refractivity contribution in [3.05, 3.63) is 11.6 Å². The molecule has 7 nitrogen and oxygen atoms in total. The molecule has 0 bridgehead atoms. The number of methoxy groups -OCH3 is 1. The maximum atomic E-state index is 5.14. The number of aromatic nitrogens is 3. The van der Waals surface area contributed by atoms with E-state index in [9.17, 15) is 0 Å². The standard InChI is InChI=1S/C17H32N6OS/c1-5-25-15-8-6-7-14(11-15)20-17(18-9-10-24-4)19-12-16-22-21-13(2)23(16)3/h14-15H,5-12H2,1-4H3,(H2,18,19,20). The first kappa shape index (κ1) is 20.0. The molecular weight excluding hydrogens is 336 g/mol. The van der Waals surface area contributed by atoms with Crippen LogP contribution in [0.3, 0.4) is 0 Å². The topological polar surface area (TPSA) is 76.4 Å². The van der Waals surface area contributed by atoms with E-state index >= 15 is 0 Å². The number of hydrogen-bond donors (Lipinski definition) is 2. The molecule has 2 N–H and O–H groups in total. The average Bonchev–Trinajstić information content (AvgIpc) is 2.92. The van der Waals surface area contributed by atoms with Crippen molar-refractivity contribution in [1.82, 2.24) is 25.4 Å². The molecule has 25 heavy (non-hydrogen) atoms. The zero-order valence-electron chi connectivity index (χ0n) is 15.9. The molecule has 142 valence electrons. The maximum Gasteiger partial charge on any atom is 0.192 e. The molecule has 0 aliphatic heterocycles. The third-order valence-corrected chi connectivity index (χ3v) is 5.76. The van der Waals surface area contributed by atoms with Gasteiger partial charge in [-0.3, -0.25) is 0 Å². The molecule has 0 spiro atoms. The Kier molecular flexibility index (Phi) is 8.54. The number of aliphatic imine (C=N–C) groups is 1. The van der Waals surface area contributed by atoms with Gasteiger partial charge in [-0.2, -0.15) is 11.8 Å². The van der Waals surface area contributed by atoms with E-state index in [1.807, 2.05) is 18.5 Å². The number of rotatable bonds is 8. The number of ether oxygens (including phenoxy) is 1. The van der Waals surface area contributed by atoms with Crippen LogP contribution in [0.4, 0.5) is 0 Å². The van der Waals surface area contributed by atoms with Crippen LogP contribution in [-0.2, 0) is 18.3 Å². The van der Waals surface area contributed by atoms with Crippen molar-refractivity contribution >= 4 is 17.7 Å². The minimum atomic E-state index is 0.479. The molecule has 1 fully saturated rings.